The molecule has 6 nitrogen and oxygen atoms in total. The Morgan fingerprint density at radius 1 is 1.50 bits per heavy atom. The van der Waals surface area contributed by atoms with E-state index in [4.69, 9.17) is 0 Å². The fourth-order valence-electron chi connectivity index (χ4n) is 3.39. The molecular formula is C16H20N4O2. The van der Waals surface area contributed by atoms with Crippen molar-refractivity contribution in [1.82, 2.24) is 20.2 Å². The van der Waals surface area contributed by atoms with E-state index in [9.17, 15) is 9.59 Å². The number of rotatable bonds is 4. The van der Waals surface area contributed by atoms with E-state index < -0.39 is 0 Å². The molecule has 0 spiro atoms. The van der Waals surface area contributed by atoms with Crippen LogP contribution in [0, 0.1) is 18.3 Å². The van der Waals surface area contributed by atoms with Crippen molar-refractivity contribution in [2.24, 2.45) is 11.3 Å². The molecule has 1 N–H and O–H groups in total. The van der Waals surface area contributed by atoms with Gasteiger partial charge in [-0.2, -0.15) is 0 Å². The zero-order valence-corrected chi connectivity index (χ0v) is 12.7. The van der Waals surface area contributed by atoms with Gasteiger partial charge in [-0.15, -0.1) is 0 Å². The summed E-state index contributed by atoms with van der Waals surface area (Å²) < 4.78 is 0. The number of carbonyl (C=O) groups excluding carboxylic acids is 2. The molecule has 3 fully saturated rings. The normalized spacial score (nSPS) is 32.4. The van der Waals surface area contributed by atoms with Gasteiger partial charge in [-0.25, -0.2) is 9.97 Å². The average molecular weight is 300 g/mol. The molecule has 1 unspecified atom stereocenters. The van der Waals surface area contributed by atoms with Crippen LogP contribution < -0.4 is 5.32 Å². The van der Waals surface area contributed by atoms with Crippen molar-refractivity contribution in [3.63, 3.8) is 0 Å². The van der Waals surface area contributed by atoms with Crippen molar-refractivity contribution in [3.05, 3.63) is 23.8 Å². The zero-order valence-electron chi connectivity index (χ0n) is 12.7. The predicted molar refractivity (Wildman–Crippen MR) is 78.5 cm³/mol. The predicted octanol–water partition coefficient (Wildman–Crippen LogP) is 0.802. The summed E-state index contributed by atoms with van der Waals surface area (Å²) in [6.07, 6.45) is 5.40. The van der Waals surface area contributed by atoms with E-state index in [1.807, 2.05) is 13.0 Å². The quantitative estimate of drug-likeness (QED) is 0.892. The second kappa shape index (κ2) is 4.76. The lowest BCUT2D eigenvalue weighted by molar-refractivity contribution is -0.140. The molecule has 0 aromatic carbocycles. The highest BCUT2D eigenvalue weighted by atomic mass is 16.2. The van der Waals surface area contributed by atoms with Crippen molar-refractivity contribution in [2.75, 3.05) is 6.54 Å². The Morgan fingerprint density at radius 2 is 2.27 bits per heavy atom. The van der Waals surface area contributed by atoms with Crippen LogP contribution in [0.4, 0.5) is 0 Å². The molecule has 1 saturated heterocycles. The summed E-state index contributed by atoms with van der Waals surface area (Å²) in [6.45, 7) is 3.05. The Labute approximate surface area is 129 Å². The summed E-state index contributed by atoms with van der Waals surface area (Å²) in [4.78, 5) is 35.0. The molecule has 0 bridgehead atoms. The van der Waals surface area contributed by atoms with E-state index in [2.05, 4.69) is 15.3 Å². The lowest BCUT2D eigenvalue weighted by Crippen LogP contribution is -2.52. The minimum atomic E-state index is -0.361. The van der Waals surface area contributed by atoms with Crippen LogP contribution in [-0.2, 0) is 16.1 Å². The highest BCUT2D eigenvalue weighted by Crippen LogP contribution is 2.75. The van der Waals surface area contributed by atoms with Crippen LogP contribution in [0.3, 0.4) is 0 Å². The average Bonchev–Trinajstić information content (AvgIpc) is 3.33. The fraction of sp³-hybridized carbons (Fsp3) is 0.625. The first kappa shape index (κ1) is 13.7. The van der Waals surface area contributed by atoms with E-state index in [1.165, 1.54) is 0 Å². The molecule has 1 aromatic heterocycles. The van der Waals surface area contributed by atoms with Gasteiger partial charge in [-0.3, -0.25) is 9.59 Å². The van der Waals surface area contributed by atoms with Crippen molar-refractivity contribution in [1.29, 1.82) is 0 Å². The third kappa shape index (κ3) is 2.26. The molecule has 1 atom stereocenters. The molecule has 2 saturated carbocycles. The lowest BCUT2D eigenvalue weighted by Gasteiger charge is -2.32. The lowest BCUT2D eigenvalue weighted by atomic mass is 10.0. The molecular weight excluding hydrogens is 280 g/mol. The second-order valence-electron chi connectivity index (χ2n) is 6.78. The monoisotopic (exact) mass is 300 g/mol. The minimum Gasteiger partial charge on any atom is -0.344 e. The standard InChI is InChI=1S/C16H20N4O2/c1-10-17-5-4-12(18-10)9-20-6-2-3-13(14(20)21)19-15(22)16-7-11(16)8-16/h4-5,11,13H,2-3,6-9H2,1H3,(H,19,22). The van der Waals surface area contributed by atoms with Gasteiger partial charge in [-0.1, -0.05) is 0 Å². The summed E-state index contributed by atoms with van der Waals surface area (Å²) in [5.41, 5.74) is 0.766. The van der Waals surface area contributed by atoms with Gasteiger partial charge >= 0.3 is 0 Å². The van der Waals surface area contributed by atoms with Gasteiger partial charge in [0.2, 0.25) is 11.8 Å². The molecule has 3 aliphatic rings. The van der Waals surface area contributed by atoms with Crippen molar-refractivity contribution < 1.29 is 9.59 Å². The Bertz CT molecular complexity index is 639. The van der Waals surface area contributed by atoms with Crippen molar-refractivity contribution >= 4 is 11.8 Å². The molecule has 116 valence electrons. The number of hydrogen-bond donors (Lipinski definition) is 1. The Kier molecular flexibility index (Phi) is 2.96. The van der Waals surface area contributed by atoms with E-state index in [-0.39, 0.29) is 23.3 Å². The smallest absolute Gasteiger partial charge is 0.245 e. The number of fused-ring (bicyclic) bond motifs is 1. The number of likely N-dealkylation sites (tertiary alicyclic amines) is 1. The van der Waals surface area contributed by atoms with Gasteiger partial charge in [-0.05, 0) is 44.6 Å². The molecule has 2 aliphatic carbocycles. The topological polar surface area (TPSA) is 75.2 Å². The largest absolute Gasteiger partial charge is 0.344 e. The number of aromatic nitrogens is 2. The fourth-order valence-corrected chi connectivity index (χ4v) is 3.39. The Morgan fingerprint density at radius 3 is 2.95 bits per heavy atom. The third-order valence-electron chi connectivity index (χ3n) is 5.16. The number of hydrogen-bond acceptors (Lipinski definition) is 4. The van der Waals surface area contributed by atoms with Crippen LogP contribution in [0.1, 0.15) is 37.2 Å². The Hall–Kier alpha value is -1.98. The number of carbonyl (C=O) groups is 2. The van der Waals surface area contributed by atoms with Gasteiger partial charge in [0, 0.05) is 12.7 Å². The van der Waals surface area contributed by atoms with E-state index in [0.29, 0.717) is 18.3 Å². The van der Waals surface area contributed by atoms with Crippen LogP contribution in [0.5, 0.6) is 0 Å². The Balaban J connectivity index is 1.40. The number of amides is 2. The molecule has 0 radical (unpaired) electrons. The second-order valence-corrected chi connectivity index (χ2v) is 6.78. The summed E-state index contributed by atoms with van der Waals surface area (Å²) in [5.74, 6) is 1.42. The zero-order chi connectivity index (χ0) is 15.3. The maximum Gasteiger partial charge on any atom is 0.245 e. The summed E-state index contributed by atoms with van der Waals surface area (Å²) in [5, 5.41) is 2.98. The molecule has 6 heteroatoms. The van der Waals surface area contributed by atoms with Crippen LogP contribution in [-0.4, -0.2) is 39.3 Å². The highest BCUT2D eigenvalue weighted by Gasteiger charge is 2.74. The van der Waals surface area contributed by atoms with E-state index in [0.717, 1.165) is 37.9 Å². The molecule has 4 rings (SSSR count). The van der Waals surface area contributed by atoms with Crippen LogP contribution >= 0.6 is 0 Å². The van der Waals surface area contributed by atoms with Crippen molar-refractivity contribution in [2.45, 2.75) is 45.2 Å². The molecule has 2 heterocycles. The maximum absolute atomic E-state index is 12.6. The SMILES string of the molecule is Cc1nccc(CN2CCCC(NC(=O)C34CC3C4)C2=O)n1. The molecule has 22 heavy (non-hydrogen) atoms. The van der Waals surface area contributed by atoms with Crippen molar-refractivity contribution in [3.8, 4) is 0 Å². The minimum absolute atomic E-state index is 0.0186. The van der Waals surface area contributed by atoms with E-state index in [1.54, 1.807) is 11.1 Å². The maximum atomic E-state index is 12.6. The van der Waals surface area contributed by atoms with Gasteiger partial charge in [0.25, 0.3) is 0 Å². The summed E-state index contributed by atoms with van der Waals surface area (Å²) >= 11 is 0. The number of piperidine rings is 1. The first-order valence-electron chi connectivity index (χ1n) is 7.97. The van der Waals surface area contributed by atoms with Gasteiger partial charge < -0.3 is 10.2 Å². The van der Waals surface area contributed by atoms with E-state index >= 15 is 0 Å². The van der Waals surface area contributed by atoms with Crippen LogP contribution in [0.15, 0.2) is 12.3 Å². The highest BCUT2D eigenvalue weighted by molar-refractivity contribution is 5.94. The molecule has 1 aliphatic heterocycles. The summed E-state index contributed by atoms with van der Waals surface area (Å²) in [6, 6.07) is 1.47. The number of nitrogens with zero attached hydrogens (tertiary/aromatic N) is 3. The first-order chi connectivity index (χ1) is 10.6. The van der Waals surface area contributed by atoms with Gasteiger partial charge in [0.05, 0.1) is 17.7 Å². The van der Waals surface area contributed by atoms with Gasteiger partial charge in [0.15, 0.2) is 0 Å². The van der Waals surface area contributed by atoms with Crippen LogP contribution in [0.2, 0.25) is 0 Å². The molecule has 1 aromatic rings. The summed E-state index contributed by atoms with van der Waals surface area (Å²) in [7, 11) is 0. The number of nitrogens with one attached hydrogen (secondary N) is 1. The van der Waals surface area contributed by atoms with Gasteiger partial charge in [0.1, 0.15) is 11.9 Å². The number of aryl methyl sites for hydroxylation is 1. The third-order valence-corrected chi connectivity index (χ3v) is 5.16. The van der Waals surface area contributed by atoms with Crippen LogP contribution in [0.25, 0.3) is 0 Å². The molecule has 2 amide bonds. The first-order valence-corrected chi connectivity index (χ1v) is 7.97.